The van der Waals surface area contributed by atoms with Crippen molar-refractivity contribution in [2.45, 2.75) is 59.0 Å². The molecule has 8 heteroatoms. The van der Waals surface area contributed by atoms with Crippen LogP contribution in [0.3, 0.4) is 0 Å². The molecule has 2 amide bonds. The maximum Gasteiger partial charge on any atom is 0.242 e. The summed E-state index contributed by atoms with van der Waals surface area (Å²) in [5.41, 5.74) is 2.63. The molecule has 7 nitrogen and oxygen atoms in total. The minimum Gasteiger partial charge on any atom is -0.354 e. The quantitative estimate of drug-likeness (QED) is 0.435. The molecule has 186 valence electrons. The van der Waals surface area contributed by atoms with Gasteiger partial charge >= 0.3 is 0 Å². The third-order valence-electron chi connectivity index (χ3n) is 5.67. The number of nitrogens with one attached hydrogen (secondary N) is 1. The van der Waals surface area contributed by atoms with Crippen LogP contribution < -0.4 is 9.62 Å². The van der Waals surface area contributed by atoms with Crippen LogP contribution in [0, 0.1) is 6.92 Å². The van der Waals surface area contributed by atoms with Crippen LogP contribution in [0.2, 0.25) is 0 Å². The van der Waals surface area contributed by atoms with E-state index in [9.17, 15) is 18.0 Å². The molecular weight excluding hydrogens is 450 g/mol. The Morgan fingerprint density at radius 3 is 2.24 bits per heavy atom. The summed E-state index contributed by atoms with van der Waals surface area (Å²) in [5.74, 6) is -0.365. The first-order chi connectivity index (χ1) is 16.1. The van der Waals surface area contributed by atoms with E-state index in [0.29, 0.717) is 25.2 Å². The molecule has 2 rings (SSSR count). The lowest BCUT2D eigenvalue weighted by Crippen LogP contribution is -2.48. The Labute approximate surface area is 204 Å². The van der Waals surface area contributed by atoms with E-state index in [0.717, 1.165) is 30.2 Å². The van der Waals surface area contributed by atoms with Gasteiger partial charge in [0.15, 0.2) is 0 Å². The van der Waals surface area contributed by atoms with Gasteiger partial charge in [-0.05, 0) is 44.4 Å². The molecular formula is C26H37N3O4S. The van der Waals surface area contributed by atoms with Gasteiger partial charge in [-0.15, -0.1) is 0 Å². The predicted octanol–water partition coefficient (Wildman–Crippen LogP) is 3.87. The fourth-order valence-corrected chi connectivity index (χ4v) is 4.57. The van der Waals surface area contributed by atoms with E-state index in [-0.39, 0.29) is 24.8 Å². The fraction of sp³-hybridized carbons (Fsp3) is 0.462. The average Bonchev–Trinajstić information content (AvgIpc) is 2.80. The Bertz CT molecular complexity index is 1020. The van der Waals surface area contributed by atoms with Crippen molar-refractivity contribution in [2.24, 2.45) is 0 Å². The summed E-state index contributed by atoms with van der Waals surface area (Å²) in [5, 5.41) is 2.91. The molecule has 0 aliphatic carbocycles. The highest BCUT2D eigenvalue weighted by Gasteiger charge is 2.26. The number of rotatable bonds is 13. The number of anilines is 1. The monoisotopic (exact) mass is 487 g/mol. The van der Waals surface area contributed by atoms with Crippen molar-refractivity contribution in [3.05, 3.63) is 65.7 Å². The van der Waals surface area contributed by atoms with Gasteiger partial charge in [-0.1, -0.05) is 61.4 Å². The standard InChI is InChI=1S/C26H37N3O4S/c1-5-6-18-27-26(31)22(3)28(20-23-16-14-21(2)15-17-23)25(30)13-10-19-29(34(4,32)33)24-11-8-7-9-12-24/h7-9,11-12,14-17,22H,5-6,10,13,18-20H2,1-4H3,(H,27,31). The van der Waals surface area contributed by atoms with Crippen molar-refractivity contribution in [1.82, 2.24) is 10.2 Å². The van der Waals surface area contributed by atoms with Gasteiger partial charge in [-0.3, -0.25) is 13.9 Å². The third-order valence-corrected chi connectivity index (χ3v) is 6.86. The van der Waals surface area contributed by atoms with Crippen LogP contribution >= 0.6 is 0 Å². The minimum atomic E-state index is -3.49. The van der Waals surface area contributed by atoms with Crippen molar-refractivity contribution in [3.63, 3.8) is 0 Å². The average molecular weight is 488 g/mol. The van der Waals surface area contributed by atoms with Crippen molar-refractivity contribution in [2.75, 3.05) is 23.7 Å². The van der Waals surface area contributed by atoms with E-state index in [2.05, 4.69) is 12.2 Å². The second-order valence-electron chi connectivity index (χ2n) is 8.60. The summed E-state index contributed by atoms with van der Waals surface area (Å²) in [4.78, 5) is 27.5. The molecule has 34 heavy (non-hydrogen) atoms. The Morgan fingerprint density at radius 1 is 1.00 bits per heavy atom. The molecule has 1 N–H and O–H groups in total. The van der Waals surface area contributed by atoms with Crippen LogP contribution in [0.5, 0.6) is 0 Å². The zero-order chi connectivity index (χ0) is 25.1. The number of sulfonamides is 1. The molecule has 0 aromatic heterocycles. The van der Waals surface area contributed by atoms with Crippen LogP contribution in [0.15, 0.2) is 54.6 Å². The van der Waals surface area contributed by atoms with Crippen molar-refractivity contribution in [3.8, 4) is 0 Å². The Kier molecular flexibility index (Phi) is 10.6. The zero-order valence-corrected chi connectivity index (χ0v) is 21.5. The van der Waals surface area contributed by atoms with Crippen LogP contribution in [-0.4, -0.2) is 50.5 Å². The molecule has 0 saturated carbocycles. The second-order valence-corrected chi connectivity index (χ2v) is 10.5. The van der Waals surface area contributed by atoms with Crippen LogP contribution in [0.4, 0.5) is 5.69 Å². The van der Waals surface area contributed by atoms with Gasteiger partial charge < -0.3 is 10.2 Å². The Morgan fingerprint density at radius 2 is 1.65 bits per heavy atom. The number of carbonyl (C=O) groups excluding carboxylic acids is 2. The maximum absolute atomic E-state index is 13.2. The lowest BCUT2D eigenvalue weighted by Gasteiger charge is -2.29. The van der Waals surface area contributed by atoms with E-state index in [1.165, 1.54) is 4.31 Å². The van der Waals surface area contributed by atoms with Crippen LogP contribution in [-0.2, 0) is 26.2 Å². The molecule has 0 heterocycles. The summed E-state index contributed by atoms with van der Waals surface area (Å²) < 4.78 is 25.9. The summed E-state index contributed by atoms with van der Waals surface area (Å²) >= 11 is 0. The number of aryl methyl sites for hydroxylation is 1. The number of benzene rings is 2. The lowest BCUT2D eigenvalue weighted by molar-refractivity contribution is -0.140. The number of amides is 2. The molecule has 2 aromatic carbocycles. The Hall–Kier alpha value is -2.87. The van der Waals surface area contributed by atoms with Crippen molar-refractivity contribution < 1.29 is 18.0 Å². The van der Waals surface area contributed by atoms with E-state index in [4.69, 9.17) is 0 Å². The number of unbranched alkanes of at least 4 members (excludes halogenated alkanes) is 1. The normalized spacial score (nSPS) is 12.1. The summed E-state index contributed by atoms with van der Waals surface area (Å²) in [7, 11) is -3.49. The lowest BCUT2D eigenvalue weighted by atomic mass is 10.1. The molecule has 0 aliphatic rings. The van der Waals surface area contributed by atoms with Crippen molar-refractivity contribution in [1.29, 1.82) is 0 Å². The van der Waals surface area contributed by atoms with Gasteiger partial charge in [0.25, 0.3) is 0 Å². The van der Waals surface area contributed by atoms with Gasteiger partial charge in [0.1, 0.15) is 6.04 Å². The van der Waals surface area contributed by atoms with E-state index < -0.39 is 16.1 Å². The molecule has 0 saturated heterocycles. The molecule has 0 aliphatic heterocycles. The molecule has 1 atom stereocenters. The van der Waals surface area contributed by atoms with Crippen LogP contribution in [0.1, 0.15) is 50.7 Å². The van der Waals surface area contributed by atoms with Gasteiger partial charge in [-0.2, -0.15) is 0 Å². The first kappa shape index (κ1) is 27.4. The molecule has 0 radical (unpaired) electrons. The fourth-order valence-electron chi connectivity index (χ4n) is 3.61. The molecule has 2 aromatic rings. The summed E-state index contributed by atoms with van der Waals surface area (Å²) in [6, 6.07) is 16.1. The molecule has 0 bridgehead atoms. The van der Waals surface area contributed by atoms with Crippen LogP contribution in [0.25, 0.3) is 0 Å². The van der Waals surface area contributed by atoms with Crippen molar-refractivity contribution >= 4 is 27.5 Å². The predicted molar refractivity (Wildman–Crippen MR) is 137 cm³/mol. The maximum atomic E-state index is 13.2. The number of hydrogen-bond acceptors (Lipinski definition) is 4. The van der Waals surface area contributed by atoms with Gasteiger partial charge in [0, 0.05) is 26.1 Å². The first-order valence-corrected chi connectivity index (χ1v) is 13.6. The number of para-hydroxylation sites is 1. The molecule has 1 unspecified atom stereocenters. The highest BCUT2D eigenvalue weighted by Crippen LogP contribution is 2.18. The number of carbonyl (C=O) groups is 2. The smallest absolute Gasteiger partial charge is 0.242 e. The largest absolute Gasteiger partial charge is 0.354 e. The molecule has 0 spiro atoms. The van der Waals surface area contributed by atoms with E-state index in [1.807, 2.05) is 37.3 Å². The van der Waals surface area contributed by atoms with E-state index in [1.54, 1.807) is 36.1 Å². The third kappa shape index (κ3) is 8.48. The minimum absolute atomic E-state index is 0.136. The first-order valence-electron chi connectivity index (χ1n) is 11.8. The highest BCUT2D eigenvalue weighted by atomic mass is 32.2. The van der Waals surface area contributed by atoms with Gasteiger partial charge in [0.05, 0.1) is 11.9 Å². The Balaban J connectivity index is 2.11. The summed E-state index contributed by atoms with van der Waals surface area (Å²) in [6.45, 7) is 6.86. The number of nitrogens with zero attached hydrogens (tertiary/aromatic N) is 2. The zero-order valence-electron chi connectivity index (χ0n) is 20.7. The van der Waals surface area contributed by atoms with Gasteiger partial charge in [-0.25, -0.2) is 8.42 Å². The summed E-state index contributed by atoms with van der Waals surface area (Å²) in [6.07, 6.45) is 3.49. The SMILES string of the molecule is CCCCNC(=O)C(C)N(Cc1ccc(C)cc1)C(=O)CCCN(c1ccccc1)S(C)(=O)=O. The highest BCUT2D eigenvalue weighted by molar-refractivity contribution is 7.92. The van der Waals surface area contributed by atoms with Gasteiger partial charge in [0.2, 0.25) is 21.8 Å². The number of hydrogen-bond donors (Lipinski definition) is 1. The second kappa shape index (κ2) is 13.1. The molecule has 0 fully saturated rings. The van der Waals surface area contributed by atoms with E-state index >= 15 is 0 Å². The topological polar surface area (TPSA) is 86.8 Å².